The minimum atomic E-state index is -0.0783. The Morgan fingerprint density at radius 3 is 2.70 bits per heavy atom. The molecule has 0 saturated carbocycles. The molecule has 0 radical (unpaired) electrons. The van der Waals surface area contributed by atoms with E-state index in [9.17, 15) is 4.79 Å². The number of benzene rings is 2. The molecule has 3 rings (SSSR count). The molecule has 2 aromatic carbocycles. The van der Waals surface area contributed by atoms with Crippen LogP contribution >= 0.6 is 11.8 Å². The molecule has 1 amide bonds. The Kier molecular flexibility index (Phi) is 7.00. The average Bonchev–Trinajstić information content (AvgIpc) is 2.99. The van der Waals surface area contributed by atoms with Crippen LogP contribution in [0.4, 0.5) is 5.69 Å². The van der Waals surface area contributed by atoms with Crippen LogP contribution in [0.15, 0.2) is 59.0 Å². The number of thioether (sulfide) groups is 1. The van der Waals surface area contributed by atoms with Gasteiger partial charge < -0.3 is 9.47 Å². The molecule has 30 heavy (non-hydrogen) atoms. The summed E-state index contributed by atoms with van der Waals surface area (Å²) in [6, 6.07) is 11.8. The monoisotopic (exact) mass is 422 g/mol. The minimum absolute atomic E-state index is 0.0783. The number of allylic oxidation sites excluding steroid dienone is 1. The summed E-state index contributed by atoms with van der Waals surface area (Å²) in [6.07, 6.45) is 4.34. The molecule has 2 aromatic rings. The fraction of sp³-hybridized carbons (Fsp3) is 0.250. The fourth-order valence-corrected chi connectivity index (χ4v) is 4.11. The molecule has 1 aliphatic heterocycles. The number of para-hydroxylation sites is 1. The van der Waals surface area contributed by atoms with Gasteiger partial charge in [0.05, 0.1) is 24.3 Å². The van der Waals surface area contributed by atoms with Crippen molar-refractivity contribution in [3.63, 3.8) is 0 Å². The summed E-state index contributed by atoms with van der Waals surface area (Å²) in [5.74, 6) is 1.28. The van der Waals surface area contributed by atoms with Crippen molar-refractivity contribution in [2.45, 2.75) is 20.3 Å². The van der Waals surface area contributed by atoms with E-state index in [4.69, 9.17) is 9.47 Å². The van der Waals surface area contributed by atoms with Crippen LogP contribution in [-0.4, -0.2) is 36.7 Å². The van der Waals surface area contributed by atoms with Gasteiger partial charge in [0.25, 0.3) is 5.91 Å². The average molecular weight is 423 g/mol. The maximum absolute atomic E-state index is 12.8. The second-order valence-corrected chi connectivity index (χ2v) is 7.80. The number of amidine groups is 1. The lowest BCUT2D eigenvalue weighted by atomic mass is 10.0. The third-order valence-electron chi connectivity index (χ3n) is 4.66. The topological polar surface area (TPSA) is 51.1 Å². The third kappa shape index (κ3) is 4.60. The number of amides is 1. The van der Waals surface area contributed by atoms with Crippen molar-refractivity contribution < 1.29 is 14.3 Å². The number of hydrogen-bond acceptors (Lipinski definition) is 5. The number of rotatable bonds is 7. The molecule has 0 atom stereocenters. The van der Waals surface area contributed by atoms with Crippen molar-refractivity contribution in [3.8, 4) is 11.5 Å². The second kappa shape index (κ2) is 9.67. The first-order chi connectivity index (χ1) is 14.5. The molecule has 0 N–H and O–H groups in total. The van der Waals surface area contributed by atoms with Crippen molar-refractivity contribution >= 4 is 34.6 Å². The Morgan fingerprint density at radius 1 is 1.27 bits per heavy atom. The minimum Gasteiger partial charge on any atom is -0.493 e. The zero-order chi connectivity index (χ0) is 21.7. The van der Waals surface area contributed by atoms with E-state index >= 15 is 0 Å². The van der Waals surface area contributed by atoms with Crippen LogP contribution < -0.4 is 9.47 Å². The second-order valence-electron chi connectivity index (χ2n) is 6.79. The van der Waals surface area contributed by atoms with Gasteiger partial charge in [-0.25, -0.2) is 4.99 Å². The standard InChI is InChI=1S/C24H26N2O3S/c1-6-10-18-13-17(14-20(28-5)22(18)29-7-2)15-21-23(27)26(4)24(30-21)25-19-12-9-8-11-16(19)3/h6,8-9,11-15H,1,7,10H2,2-5H3/b21-15+,25-24?. The SMILES string of the molecule is C=CCc1cc(/C=C2/SC(=Nc3ccccc3C)N(C)C2=O)cc(OC)c1OCC. The molecule has 0 unspecified atom stereocenters. The lowest BCUT2D eigenvalue weighted by molar-refractivity contribution is -0.121. The van der Waals surface area contributed by atoms with E-state index in [1.165, 1.54) is 11.8 Å². The number of aliphatic imine (C=N–C) groups is 1. The largest absolute Gasteiger partial charge is 0.493 e. The summed E-state index contributed by atoms with van der Waals surface area (Å²) >= 11 is 1.37. The highest BCUT2D eigenvalue weighted by Gasteiger charge is 2.30. The van der Waals surface area contributed by atoms with Gasteiger partial charge in [-0.1, -0.05) is 24.3 Å². The summed E-state index contributed by atoms with van der Waals surface area (Å²) in [5, 5.41) is 0.657. The van der Waals surface area contributed by atoms with Crippen LogP contribution in [0.2, 0.25) is 0 Å². The highest BCUT2D eigenvalue weighted by atomic mass is 32.2. The molecule has 0 spiro atoms. The quantitative estimate of drug-likeness (QED) is 0.445. The lowest BCUT2D eigenvalue weighted by Crippen LogP contribution is -2.23. The van der Waals surface area contributed by atoms with Gasteiger partial charge in [-0.05, 0) is 67.4 Å². The number of likely N-dealkylation sites (N-methyl/N-ethyl adjacent to an activating group) is 1. The van der Waals surface area contributed by atoms with E-state index < -0.39 is 0 Å². The smallest absolute Gasteiger partial charge is 0.266 e. The van der Waals surface area contributed by atoms with Crippen molar-refractivity contribution in [3.05, 3.63) is 70.6 Å². The van der Waals surface area contributed by atoms with Gasteiger partial charge in [0.2, 0.25) is 0 Å². The first-order valence-electron chi connectivity index (χ1n) is 9.75. The third-order valence-corrected chi connectivity index (χ3v) is 5.72. The van der Waals surface area contributed by atoms with E-state index in [1.54, 1.807) is 19.1 Å². The summed E-state index contributed by atoms with van der Waals surface area (Å²) in [4.78, 5) is 19.7. The summed E-state index contributed by atoms with van der Waals surface area (Å²) in [7, 11) is 3.36. The van der Waals surface area contributed by atoms with Gasteiger partial charge in [0.1, 0.15) is 0 Å². The molecular weight excluding hydrogens is 396 g/mol. The fourth-order valence-electron chi connectivity index (χ4n) is 3.13. The normalized spacial score (nSPS) is 16.4. The Labute approximate surface area is 182 Å². The van der Waals surface area contributed by atoms with Crippen molar-refractivity contribution in [1.82, 2.24) is 4.90 Å². The maximum atomic E-state index is 12.8. The van der Waals surface area contributed by atoms with E-state index in [2.05, 4.69) is 11.6 Å². The van der Waals surface area contributed by atoms with Crippen molar-refractivity contribution in [1.29, 1.82) is 0 Å². The highest BCUT2D eigenvalue weighted by Crippen LogP contribution is 2.37. The number of ether oxygens (including phenoxy) is 2. The van der Waals surface area contributed by atoms with E-state index in [1.807, 2.05) is 62.4 Å². The van der Waals surface area contributed by atoms with Gasteiger partial charge >= 0.3 is 0 Å². The molecule has 0 aliphatic carbocycles. The summed E-state index contributed by atoms with van der Waals surface area (Å²) in [6.45, 7) is 8.31. The van der Waals surface area contributed by atoms with Crippen LogP contribution in [0, 0.1) is 6.92 Å². The number of hydrogen-bond donors (Lipinski definition) is 0. The Morgan fingerprint density at radius 2 is 2.03 bits per heavy atom. The first-order valence-corrected chi connectivity index (χ1v) is 10.6. The molecule has 1 heterocycles. The zero-order valence-electron chi connectivity index (χ0n) is 17.8. The van der Waals surface area contributed by atoms with Crippen LogP contribution in [0.3, 0.4) is 0 Å². The Hall–Kier alpha value is -2.99. The van der Waals surface area contributed by atoms with E-state index in [-0.39, 0.29) is 5.91 Å². The maximum Gasteiger partial charge on any atom is 0.266 e. The molecule has 6 heteroatoms. The first kappa shape index (κ1) is 21.7. The van der Waals surface area contributed by atoms with Crippen LogP contribution in [-0.2, 0) is 11.2 Å². The molecule has 0 bridgehead atoms. The molecule has 5 nitrogen and oxygen atoms in total. The summed E-state index contributed by atoms with van der Waals surface area (Å²) < 4.78 is 11.3. The van der Waals surface area contributed by atoms with Crippen molar-refractivity contribution in [2.75, 3.05) is 20.8 Å². The van der Waals surface area contributed by atoms with E-state index in [0.717, 1.165) is 22.4 Å². The molecule has 1 saturated heterocycles. The molecular formula is C24H26N2O3S. The van der Waals surface area contributed by atoms with Gasteiger partial charge in [0, 0.05) is 12.6 Å². The molecule has 1 fully saturated rings. The Balaban J connectivity index is 1.98. The number of nitrogens with zero attached hydrogens (tertiary/aromatic N) is 2. The Bertz CT molecular complexity index is 1030. The van der Waals surface area contributed by atoms with Crippen LogP contribution in [0.1, 0.15) is 23.6 Å². The molecule has 0 aromatic heterocycles. The molecule has 156 valence electrons. The summed E-state index contributed by atoms with van der Waals surface area (Å²) in [5.41, 5.74) is 3.76. The van der Waals surface area contributed by atoms with Gasteiger partial charge in [0.15, 0.2) is 16.7 Å². The predicted molar refractivity (Wildman–Crippen MR) is 125 cm³/mol. The van der Waals surface area contributed by atoms with Gasteiger partial charge in [-0.2, -0.15) is 0 Å². The van der Waals surface area contributed by atoms with E-state index in [0.29, 0.717) is 34.6 Å². The van der Waals surface area contributed by atoms with Crippen LogP contribution in [0.5, 0.6) is 11.5 Å². The van der Waals surface area contributed by atoms with Gasteiger partial charge in [-0.15, -0.1) is 6.58 Å². The number of carbonyl (C=O) groups is 1. The number of methoxy groups -OCH3 is 1. The lowest BCUT2D eigenvalue weighted by Gasteiger charge is -2.14. The number of carbonyl (C=O) groups excluding carboxylic acids is 1. The zero-order valence-corrected chi connectivity index (χ0v) is 18.6. The van der Waals surface area contributed by atoms with Crippen molar-refractivity contribution in [2.24, 2.45) is 4.99 Å². The predicted octanol–water partition coefficient (Wildman–Crippen LogP) is 5.36. The highest BCUT2D eigenvalue weighted by molar-refractivity contribution is 8.18. The number of aryl methyl sites for hydroxylation is 1. The van der Waals surface area contributed by atoms with Crippen LogP contribution in [0.25, 0.3) is 6.08 Å². The van der Waals surface area contributed by atoms with Gasteiger partial charge in [-0.3, -0.25) is 9.69 Å². The molecule has 1 aliphatic rings.